The molecule has 0 aromatic carbocycles. The topological polar surface area (TPSA) is 77.8 Å². The van der Waals surface area contributed by atoms with Crippen LogP contribution in [-0.2, 0) is 4.79 Å². The molecule has 0 bridgehead atoms. The van der Waals surface area contributed by atoms with Gasteiger partial charge in [-0.25, -0.2) is 0 Å². The van der Waals surface area contributed by atoms with Gasteiger partial charge in [-0.1, -0.05) is 38.3 Å². The normalized spacial score (nSPS) is 25.4. The summed E-state index contributed by atoms with van der Waals surface area (Å²) in [6, 6.07) is 0. The molecule has 4 unspecified atom stereocenters. The average Bonchev–Trinajstić information content (AvgIpc) is 2.89. The molecule has 140 valence electrons. The summed E-state index contributed by atoms with van der Waals surface area (Å²) >= 11 is 0. The fraction of sp³-hybridized carbons (Fsp3) is 0.850. The number of hydrogen-bond acceptors (Lipinski definition) is 3. The maximum absolute atomic E-state index is 10.5. The summed E-state index contributed by atoms with van der Waals surface area (Å²) in [5, 5.41) is 28.9. The molecule has 0 aromatic rings. The number of allylic oxidation sites excluding steroid dienone is 2. The molecule has 0 amide bonds. The molecule has 4 nitrogen and oxygen atoms in total. The van der Waals surface area contributed by atoms with Crippen molar-refractivity contribution in [3.63, 3.8) is 0 Å². The van der Waals surface area contributed by atoms with Crippen LogP contribution in [0.15, 0.2) is 12.2 Å². The Morgan fingerprint density at radius 3 is 2.67 bits per heavy atom. The Bertz CT molecular complexity index is 367. The summed E-state index contributed by atoms with van der Waals surface area (Å²) in [4.78, 5) is 10.5. The third-order valence-electron chi connectivity index (χ3n) is 5.28. The summed E-state index contributed by atoms with van der Waals surface area (Å²) in [5.74, 6) is 0.0558. The summed E-state index contributed by atoms with van der Waals surface area (Å²) in [5.41, 5.74) is 0. The van der Waals surface area contributed by atoms with Crippen molar-refractivity contribution >= 4 is 5.97 Å². The number of aliphatic hydroxyl groups is 2. The minimum atomic E-state index is -0.743. The molecule has 0 aliphatic heterocycles. The smallest absolute Gasteiger partial charge is 0.303 e. The predicted octanol–water partition coefficient (Wildman–Crippen LogP) is 4.30. The molecule has 0 saturated heterocycles. The molecule has 24 heavy (non-hydrogen) atoms. The fourth-order valence-corrected chi connectivity index (χ4v) is 3.76. The number of aliphatic hydroxyl groups excluding tert-OH is 2. The average molecular weight is 341 g/mol. The first-order valence-corrected chi connectivity index (χ1v) is 9.77. The summed E-state index contributed by atoms with van der Waals surface area (Å²) in [7, 11) is 0. The van der Waals surface area contributed by atoms with Crippen LogP contribution in [0.25, 0.3) is 0 Å². The van der Waals surface area contributed by atoms with Gasteiger partial charge in [-0.3, -0.25) is 4.79 Å². The van der Waals surface area contributed by atoms with Gasteiger partial charge in [0.1, 0.15) is 0 Å². The predicted molar refractivity (Wildman–Crippen MR) is 96.8 cm³/mol. The molecule has 1 fully saturated rings. The quantitative estimate of drug-likeness (QED) is 0.345. The van der Waals surface area contributed by atoms with E-state index >= 15 is 0 Å². The van der Waals surface area contributed by atoms with E-state index in [2.05, 4.69) is 13.0 Å². The molecule has 1 aliphatic carbocycles. The second kappa shape index (κ2) is 12.5. The maximum Gasteiger partial charge on any atom is 0.303 e. The summed E-state index contributed by atoms with van der Waals surface area (Å²) in [6.45, 7) is 2.17. The van der Waals surface area contributed by atoms with Crippen molar-refractivity contribution in [2.75, 3.05) is 0 Å². The number of rotatable bonds is 13. The molecule has 0 spiro atoms. The van der Waals surface area contributed by atoms with Crippen molar-refractivity contribution in [3.8, 4) is 0 Å². The highest BCUT2D eigenvalue weighted by Crippen LogP contribution is 2.38. The van der Waals surface area contributed by atoms with Crippen LogP contribution >= 0.6 is 0 Å². The molecule has 0 heterocycles. The molecular weight excluding hydrogens is 304 g/mol. The maximum atomic E-state index is 10.5. The van der Waals surface area contributed by atoms with E-state index < -0.39 is 5.97 Å². The lowest BCUT2D eigenvalue weighted by Crippen LogP contribution is -2.20. The van der Waals surface area contributed by atoms with E-state index in [1.165, 1.54) is 12.8 Å². The van der Waals surface area contributed by atoms with Crippen molar-refractivity contribution in [2.45, 2.75) is 96.2 Å². The van der Waals surface area contributed by atoms with Crippen molar-refractivity contribution in [1.82, 2.24) is 0 Å². The Labute approximate surface area is 147 Å². The zero-order valence-electron chi connectivity index (χ0n) is 15.2. The molecule has 4 atom stereocenters. The number of unbranched alkanes of at least 4 members (excludes halogenated alkanes) is 3. The van der Waals surface area contributed by atoms with Crippen molar-refractivity contribution in [1.29, 1.82) is 0 Å². The highest BCUT2D eigenvalue weighted by atomic mass is 16.4. The molecule has 1 saturated carbocycles. The van der Waals surface area contributed by atoms with E-state index in [0.717, 1.165) is 51.4 Å². The van der Waals surface area contributed by atoms with Gasteiger partial charge in [0.15, 0.2) is 0 Å². The molecular formula is C20H36O4. The van der Waals surface area contributed by atoms with Crippen LogP contribution in [0.4, 0.5) is 0 Å². The van der Waals surface area contributed by atoms with E-state index in [-0.39, 0.29) is 18.6 Å². The lowest BCUT2D eigenvalue weighted by atomic mass is 9.86. The number of aliphatic carboxylic acids is 1. The monoisotopic (exact) mass is 340 g/mol. The third-order valence-corrected chi connectivity index (χ3v) is 5.28. The third kappa shape index (κ3) is 8.84. The van der Waals surface area contributed by atoms with E-state index in [0.29, 0.717) is 18.3 Å². The van der Waals surface area contributed by atoms with Gasteiger partial charge in [0.05, 0.1) is 12.2 Å². The SMILES string of the molecule is CCCCCC(O)CCC1CCC(O)C1C/C=C\CCCC(=O)O. The molecule has 0 radical (unpaired) electrons. The molecule has 3 N–H and O–H groups in total. The molecule has 0 aromatic heterocycles. The number of carboxylic acids is 1. The lowest BCUT2D eigenvalue weighted by molar-refractivity contribution is -0.137. The van der Waals surface area contributed by atoms with Crippen LogP contribution in [0.2, 0.25) is 0 Å². The Hall–Kier alpha value is -0.870. The van der Waals surface area contributed by atoms with Crippen LogP contribution in [0.1, 0.15) is 84.0 Å². The van der Waals surface area contributed by atoms with Gasteiger partial charge in [0.25, 0.3) is 0 Å². The number of carboxylic acid groups (broad SMARTS) is 1. The molecule has 1 rings (SSSR count). The van der Waals surface area contributed by atoms with Gasteiger partial charge in [0.2, 0.25) is 0 Å². The van der Waals surface area contributed by atoms with Crippen LogP contribution in [0, 0.1) is 11.8 Å². The summed E-state index contributed by atoms with van der Waals surface area (Å²) in [6.07, 6.45) is 14.4. The molecule has 4 heteroatoms. The minimum Gasteiger partial charge on any atom is -0.481 e. The highest BCUT2D eigenvalue weighted by molar-refractivity contribution is 5.66. The van der Waals surface area contributed by atoms with Gasteiger partial charge in [0, 0.05) is 6.42 Å². The Kier molecular flexibility index (Phi) is 11.0. The van der Waals surface area contributed by atoms with Crippen molar-refractivity contribution < 1.29 is 20.1 Å². The molecule has 1 aliphatic rings. The Morgan fingerprint density at radius 1 is 1.17 bits per heavy atom. The Balaban J connectivity index is 2.26. The van der Waals surface area contributed by atoms with E-state index in [1.807, 2.05) is 6.08 Å². The second-order valence-corrected chi connectivity index (χ2v) is 7.29. The van der Waals surface area contributed by atoms with Crippen molar-refractivity contribution in [3.05, 3.63) is 12.2 Å². The zero-order valence-corrected chi connectivity index (χ0v) is 15.2. The van der Waals surface area contributed by atoms with E-state index in [1.54, 1.807) is 0 Å². The van der Waals surface area contributed by atoms with Crippen LogP contribution in [-0.4, -0.2) is 33.5 Å². The Morgan fingerprint density at radius 2 is 1.96 bits per heavy atom. The van der Waals surface area contributed by atoms with Crippen molar-refractivity contribution in [2.24, 2.45) is 11.8 Å². The summed E-state index contributed by atoms with van der Waals surface area (Å²) < 4.78 is 0. The van der Waals surface area contributed by atoms with E-state index in [9.17, 15) is 15.0 Å². The van der Waals surface area contributed by atoms with Gasteiger partial charge in [-0.05, 0) is 63.2 Å². The van der Waals surface area contributed by atoms with Gasteiger partial charge in [-0.15, -0.1) is 0 Å². The highest BCUT2D eigenvalue weighted by Gasteiger charge is 2.33. The number of hydrogen-bond donors (Lipinski definition) is 3. The first-order valence-electron chi connectivity index (χ1n) is 9.77. The minimum absolute atomic E-state index is 0.193. The van der Waals surface area contributed by atoms with Gasteiger partial charge in [-0.2, -0.15) is 0 Å². The van der Waals surface area contributed by atoms with E-state index in [4.69, 9.17) is 5.11 Å². The largest absolute Gasteiger partial charge is 0.481 e. The fourth-order valence-electron chi connectivity index (χ4n) is 3.76. The first kappa shape index (κ1) is 21.2. The van der Waals surface area contributed by atoms with Gasteiger partial charge < -0.3 is 15.3 Å². The van der Waals surface area contributed by atoms with Gasteiger partial charge >= 0.3 is 5.97 Å². The lowest BCUT2D eigenvalue weighted by Gasteiger charge is -2.22. The van der Waals surface area contributed by atoms with Crippen LogP contribution < -0.4 is 0 Å². The number of carbonyl (C=O) groups is 1. The standard InChI is InChI=1S/C20H36O4/c1-2-3-6-9-17(21)14-12-16-13-15-19(22)18(16)10-7-4-5-8-11-20(23)24/h4,7,16-19,21-22H,2-3,5-6,8-15H2,1H3,(H,23,24)/b7-4-. The first-order chi connectivity index (χ1) is 11.5. The second-order valence-electron chi connectivity index (χ2n) is 7.29. The zero-order chi connectivity index (χ0) is 17.8. The van der Waals surface area contributed by atoms with Crippen LogP contribution in [0.3, 0.4) is 0 Å². The van der Waals surface area contributed by atoms with Crippen LogP contribution in [0.5, 0.6) is 0 Å².